The Bertz CT molecular complexity index is 680. The van der Waals surface area contributed by atoms with Crippen molar-refractivity contribution in [2.24, 2.45) is 4.99 Å². The zero-order valence-corrected chi connectivity index (χ0v) is 17.8. The highest BCUT2D eigenvalue weighted by Crippen LogP contribution is 2.23. The lowest BCUT2D eigenvalue weighted by Gasteiger charge is -2.25. The molecule has 0 spiro atoms. The lowest BCUT2D eigenvalue weighted by atomic mass is 10.3. The SMILES string of the molecule is CCc1nncn1CCN=C(NC(C)CC)N(C)Cc1ccc(Br)s1. The second kappa shape index (κ2) is 9.91. The molecule has 1 unspecified atom stereocenters. The number of halogens is 1. The zero-order valence-electron chi connectivity index (χ0n) is 15.4. The average molecular weight is 427 g/mol. The van der Waals surface area contributed by atoms with Crippen LogP contribution >= 0.6 is 27.3 Å². The maximum Gasteiger partial charge on any atom is 0.194 e. The van der Waals surface area contributed by atoms with Crippen molar-refractivity contribution in [1.29, 1.82) is 0 Å². The topological polar surface area (TPSA) is 58.3 Å². The van der Waals surface area contributed by atoms with Gasteiger partial charge in [0, 0.05) is 30.9 Å². The van der Waals surface area contributed by atoms with Crippen LogP contribution in [0.2, 0.25) is 0 Å². The Morgan fingerprint density at radius 1 is 1.44 bits per heavy atom. The van der Waals surface area contributed by atoms with Crippen molar-refractivity contribution in [3.63, 3.8) is 0 Å². The molecular weight excluding hydrogens is 400 g/mol. The van der Waals surface area contributed by atoms with Crippen molar-refractivity contribution in [3.8, 4) is 0 Å². The third-order valence-corrected chi connectivity index (χ3v) is 5.59. The highest BCUT2D eigenvalue weighted by molar-refractivity contribution is 9.11. The smallest absolute Gasteiger partial charge is 0.194 e. The Hall–Kier alpha value is -1.41. The molecule has 0 amide bonds. The largest absolute Gasteiger partial charge is 0.354 e. The summed E-state index contributed by atoms with van der Waals surface area (Å²) in [7, 11) is 2.08. The first-order chi connectivity index (χ1) is 12.0. The molecule has 0 aromatic carbocycles. The molecule has 2 aromatic rings. The van der Waals surface area contributed by atoms with Crippen LogP contribution in [0.3, 0.4) is 0 Å². The minimum Gasteiger partial charge on any atom is -0.354 e. The number of aliphatic imine (C=N–C) groups is 1. The monoisotopic (exact) mass is 426 g/mol. The summed E-state index contributed by atoms with van der Waals surface area (Å²) in [5.74, 6) is 1.94. The Kier molecular flexibility index (Phi) is 7.90. The number of aryl methyl sites for hydroxylation is 1. The molecule has 0 saturated carbocycles. The van der Waals surface area contributed by atoms with Crippen LogP contribution in [0, 0.1) is 0 Å². The van der Waals surface area contributed by atoms with Crippen molar-refractivity contribution in [2.45, 2.75) is 52.7 Å². The number of hydrogen-bond donors (Lipinski definition) is 1. The van der Waals surface area contributed by atoms with Crippen LogP contribution in [0.4, 0.5) is 0 Å². The molecule has 2 heterocycles. The van der Waals surface area contributed by atoms with E-state index in [4.69, 9.17) is 4.99 Å². The quantitative estimate of drug-likeness (QED) is 0.517. The van der Waals surface area contributed by atoms with Gasteiger partial charge in [-0.3, -0.25) is 4.99 Å². The van der Waals surface area contributed by atoms with E-state index in [0.717, 1.165) is 41.5 Å². The fraction of sp³-hybridized carbons (Fsp3) is 0.588. The van der Waals surface area contributed by atoms with E-state index < -0.39 is 0 Å². The summed E-state index contributed by atoms with van der Waals surface area (Å²) in [6.07, 6.45) is 3.72. The fourth-order valence-corrected chi connectivity index (χ4v) is 3.88. The van der Waals surface area contributed by atoms with Gasteiger partial charge in [-0.25, -0.2) is 0 Å². The minimum atomic E-state index is 0.386. The van der Waals surface area contributed by atoms with Gasteiger partial charge >= 0.3 is 0 Å². The van der Waals surface area contributed by atoms with Crippen LogP contribution in [-0.2, 0) is 19.5 Å². The van der Waals surface area contributed by atoms with Gasteiger partial charge in [0.15, 0.2) is 5.96 Å². The van der Waals surface area contributed by atoms with E-state index in [9.17, 15) is 0 Å². The van der Waals surface area contributed by atoms with Crippen molar-refractivity contribution < 1.29 is 0 Å². The molecule has 0 aliphatic heterocycles. The van der Waals surface area contributed by atoms with Gasteiger partial charge in [0.05, 0.1) is 16.9 Å². The number of guanidine groups is 1. The molecule has 138 valence electrons. The lowest BCUT2D eigenvalue weighted by Crippen LogP contribution is -2.43. The third kappa shape index (κ3) is 6.11. The van der Waals surface area contributed by atoms with E-state index >= 15 is 0 Å². The molecule has 0 saturated heterocycles. The maximum atomic E-state index is 4.81. The van der Waals surface area contributed by atoms with Crippen molar-refractivity contribution >= 4 is 33.2 Å². The van der Waals surface area contributed by atoms with E-state index in [2.05, 4.69) is 80.9 Å². The molecule has 0 radical (unpaired) electrons. The third-order valence-electron chi connectivity index (χ3n) is 3.99. The number of rotatable bonds is 8. The average Bonchev–Trinajstić information content (AvgIpc) is 3.22. The van der Waals surface area contributed by atoms with Gasteiger partial charge in [-0.05, 0) is 41.4 Å². The minimum absolute atomic E-state index is 0.386. The molecule has 6 nitrogen and oxygen atoms in total. The zero-order chi connectivity index (χ0) is 18.2. The highest BCUT2D eigenvalue weighted by Gasteiger charge is 2.11. The molecule has 2 rings (SSSR count). The van der Waals surface area contributed by atoms with Crippen molar-refractivity contribution in [3.05, 3.63) is 32.9 Å². The van der Waals surface area contributed by atoms with Gasteiger partial charge in [0.1, 0.15) is 12.2 Å². The summed E-state index contributed by atoms with van der Waals surface area (Å²) in [4.78, 5) is 8.30. The standard InChI is InChI=1S/C17H27BrN6S/c1-5-13(3)21-17(23(4)11-14-7-8-15(18)25-14)19-9-10-24-12-20-22-16(24)6-2/h7-8,12-13H,5-6,9-11H2,1-4H3,(H,19,21). The first-order valence-electron chi connectivity index (χ1n) is 8.66. The molecule has 1 N–H and O–H groups in total. The molecule has 0 aliphatic rings. The summed E-state index contributed by atoms with van der Waals surface area (Å²) < 4.78 is 3.23. The Balaban J connectivity index is 2.02. The molecule has 8 heteroatoms. The summed E-state index contributed by atoms with van der Waals surface area (Å²) >= 11 is 5.28. The van der Waals surface area contributed by atoms with Crippen molar-refractivity contribution in [2.75, 3.05) is 13.6 Å². The van der Waals surface area contributed by atoms with Crippen molar-refractivity contribution in [1.82, 2.24) is 25.0 Å². The van der Waals surface area contributed by atoms with Crippen LogP contribution < -0.4 is 5.32 Å². The first kappa shape index (κ1) is 19.9. The number of thiophene rings is 1. The van der Waals surface area contributed by atoms with Crippen LogP contribution in [0.5, 0.6) is 0 Å². The molecular formula is C17H27BrN6S. The Morgan fingerprint density at radius 2 is 2.24 bits per heavy atom. The first-order valence-corrected chi connectivity index (χ1v) is 10.3. The number of nitrogens with zero attached hydrogens (tertiary/aromatic N) is 5. The number of hydrogen-bond acceptors (Lipinski definition) is 4. The summed E-state index contributed by atoms with van der Waals surface area (Å²) in [6.45, 7) is 8.77. The van der Waals surface area contributed by atoms with Gasteiger partial charge in [0.25, 0.3) is 0 Å². The van der Waals surface area contributed by atoms with Crippen LogP contribution in [0.1, 0.15) is 37.9 Å². The van der Waals surface area contributed by atoms with Gasteiger partial charge in [0.2, 0.25) is 0 Å². The molecule has 2 aromatic heterocycles. The van der Waals surface area contributed by atoms with E-state index in [1.165, 1.54) is 4.88 Å². The van der Waals surface area contributed by atoms with E-state index in [0.29, 0.717) is 12.6 Å². The molecule has 0 bridgehead atoms. The van der Waals surface area contributed by atoms with Gasteiger partial charge in [-0.1, -0.05) is 13.8 Å². The lowest BCUT2D eigenvalue weighted by molar-refractivity contribution is 0.461. The van der Waals surface area contributed by atoms with Gasteiger partial charge < -0.3 is 14.8 Å². The second-order valence-corrected chi connectivity index (χ2v) is 8.56. The summed E-state index contributed by atoms with van der Waals surface area (Å²) in [5.41, 5.74) is 0. The Morgan fingerprint density at radius 3 is 2.88 bits per heavy atom. The van der Waals surface area contributed by atoms with E-state index in [1.807, 2.05) is 0 Å². The second-order valence-electron chi connectivity index (χ2n) is 6.01. The Labute approximate surface area is 162 Å². The van der Waals surface area contributed by atoms with E-state index in [-0.39, 0.29) is 0 Å². The predicted molar refractivity (Wildman–Crippen MR) is 108 cm³/mol. The van der Waals surface area contributed by atoms with Crippen LogP contribution in [-0.4, -0.2) is 45.3 Å². The number of nitrogens with one attached hydrogen (secondary N) is 1. The van der Waals surface area contributed by atoms with E-state index in [1.54, 1.807) is 17.7 Å². The molecule has 0 aliphatic carbocycles. The fourth-order valence-electron chi connectivity index (χ4n) is 2.35. The highest BCUT2D eigenvalue weighted by atomic mass is 79.9. The van der Waals surface area contributed by atoms with Crippen LogP contribution in [0.15, 0.2) is 27.2 Å². The maximum absolute atomic E-state index is 4.81. The predicted octanol–water partition coefficient (Wildman–Crippen LogP) is 3.54. The number of aromatic nitrogens is 3. The van der Waals surface area contributed by atoms with Gasteiger partial charge in [-0.15, -0.1) is 21.5 Å². The normalized spacial score (nSPS) is 13.1. The molecule has 1 atom stereocenters. The summed E-state index contributed by atoms with van der Waals surface area (Å²) in [6, 6.07) is 4.62. The van der Waals surface area contributed by atoms with Gasteiger partial charge in [-0.2, -0.15) is 0 Å². The molecule has 25 heavy (non-hydrogen) atoms. The summed E-state index contributed by atoms with van der Waals surface area (Å²) in [5, 5.41) is 11.6. The van der Waals surface area contributed by atoms with Crippen LogP contribution in [0.25, 0.3) is 0 Å². The molecule has 0 fully saturated rings.